The van der Waals surface area contributed by atoms with Crippen LogP contribution in [0, 0.1) is 6.92 Å². The number of nitrogens with zero attached hydrogens (tertiary/aromatic N) is 1. The summed E-state index contributed by atoms with van der Waals surface area (Å²) >= 11 is 0. The lowest BCUT2D eigenvalue weighted by Crippen LogP contribution is -2.01. The van der Waals surface area contributed by atoms with Gasteiger partial charge in [0.25, 0.3) is 0 Å². The van der Waals surface area contributed by atoms with Gasteiger partial charge in [-0.05, 0) is 30.5 Å². The topological polar surface area (TPSA) is 128 Å². The zero-order chi connectivity index (χ0) is 21.0. The van der Waals surface area contributed by atoms with E-state index in [-0.39, 0.29) is 28.5 Å². The Morgan fingerprint density at radius 2 is 1.54 bits per heavy atom. The van der Waals surface area contributed by atoms with Crippen LogP contribution >= 0.6 is 0 Å². The van der Waals surface area contributed by atoms with E-state index in [0.717, 1.165) is 0 Å². The molecule has 0 unspecified atom stereocenters. The maximum Gasteiger partial charge on any atom is 0.340 e. The van der Waals surface area contributed by atoms with Gasteiger partial charge in [-0.2, -0.15) is 0 Å². The molecule has 0 bridgehead atoms. The van der Waals surface area contributed by atoms with Crippen molar-refractivity contribution in [3.63, 3.8) is 0 Å². The number of hydrogen-bond donors (Lipinski definition) is 4. The van der Waals surface area contributed by atoms with E-state index in [0.29, 0.717) is 22.2 Å². The van der Waals surface area contributed by atoms with Crippen molar-refractivity contribution in [2.24, 2.45) is 0 Å². The number of fused-ring (bicyclic) bond motifs is 1. The van der Waals surface area contributed by atoms with Crippen LogP contribution < -0.4 is 0 Å². The van der Waals surface area contributed by atoms with E-state index in [1.807, 2.05) is 13.8 Å². The van der Waals surface area contributed by atoms with E-state index >= 15 is 0 Å². The molecule has 2 aromatic carbocycles. The molecule has 1 aromatic heterocycles. The second-order valence-corrected chi connectivity index (χ2v) is 6.45. The molecule has 3 aromatic rings. The largest absolute Gasteiger partial charge is 0.507 e. The van der Waals surface area contributed by atoms with Crippen LogP contribution in [0.4, 0.5) is 0 Å². The van der Waals surface area contributed by atoms with Crippen LogP contribution in [0.5, 0.6) is 11.5 Å². The maximum atomic E-state index is 11.0. The molecule has 146 valence electrons. The summed E-state index contributed by atoms with van der Waals surface area (Å²) in [7, 11) is 0. The molecule has 0 aliphatic heterocycles. The highest BCUT2D eigenvalue weighted by Gasteiger charge is 2.17. The van der Waals surface area contributed by atoms with Gasteiger partial charge in [-0.3, -0.25) is 0 Å². The maximum absolute atomic E-state index is 11.0. The average Bonchev–Trinajstić information content (AvgIpc) is 2.62. The van der Waals surface area contributed by atoms with Gasteiger partial charge in [0.1, 0.15) is 16.9 Å². The molecule has 7 nitrogen and oxygen atoms in total. The highest BCUT2D eigenvalue weighted by molar-refractivity contribution is 6.05. The number of aromatic hydroxyl groups is 2. The lowest BCUT2D eigenvalue weighted by molar-refractivity contribution is 0.0683. The first-order chi connectivity index (χ1) is 13.1. The first-order valence-corrected chi connectivity index (χ1v) is 8.51. The van der Waals surface area contributed by atoms with Gasteiger partial charge in [-0.25, -0.2) is 14.6 Å². The highest BCUT2D eigenvalue weighted by Crippen LogP contribution is 2.29. The summed E-state index contributed by atoms with van der Waals surface area (Å²) in [5.41, 5.74) is 1.44. The molecule has 0 aliphatic rings. The van der Waals surface area contributed by atoms with E-state index in [1.165, 1.54) is 6.07 Å². The monoisotopic (exact) mass is 383 g/mol. The summed E-state index contributed by atoms with van der Waals surface area (Å²) in [4.78, 5) is 25.7. The number of pyridine rings is 1. The predicted octanol–water partition coefficient (Wildman–Crippen LogP) is 4.16. The molecular formula is C21H21NO6. The van der Waals surface area contributed by atoms with Crippen LogP contribution in [0.25, 0.3) is 10.9 Å². The normalized spacial score (nSPS) is 10.4. The second-order valence-electron chi connectivity index (χ2n) is 6.45. The van der Waals surface area contributed by atoms with Gasteiger partial charge in [-0.15, -0.1) is 0 Å². The standard InChI is InChI=1S/C11H9NO3.C10H12O3/c1-6-10(13)9(11(14)15)7-4-2-3-5-8(7)12-6;1-6(2)7-4-3-5-8(9(7)11)10(12)13/h2-5,13H,1H3,(H,14,15);3-6,11H,1-2H3,(H,12,13). The Hall–Kier alpha value is -3.61. The molecule has 1 heterocycles. The SMILES string of the molecule is CC(C)c1cccc(C(=O)O)c1O.Cc1nc2ccccc2c(C(=O)O)c1O. The second kappa shape index (κ2) is 8.39. The summed E-state index contributed by atoms with van der Waals surface area (Å²) in [6.45, 7) is 5.38. The third-order valence-electron chi connectivity index (χ3n) is 4.17. The quantitative estimate of drug-likeness (QED) is 0.534. The van der Waals surface area contributed by atoms with E-state index in [2.05, 4.69) is 4.98 Å². The van der Waals surface area contributed by atoms with Gasteiger partial charge < -0.3 is 20.4 Å². The van der Waals surface area contributed by atoms with Crippen molar-refractivity contribution in [3.8, 4) is 11.5 Å². The van der Waals surface area contributed by atoms with Gasteiger partial charge >= 0.3 is 11.9 Å². The smallest absolute Gasteiger partial charge is 0.340 e. The number of aryl methyl sites for hydroxylation is 1. The number of aromatic carboxylic acids is 2. The minimum atomic E-state index is -1.14. The molecule has 0 radical (unpaired) electrons. The number of carbonyl (C=O) groups is 2. The van der Waals surface area contributed by atoms with Crippen LogP contribution in [0.15, 0.2) is 42.5 Å². The van der Waals surface area contributed by atoms with Crippen molar-refractivity contribution in [2.45, 2.75) is 26.7 Å². The third kappa shape index (κ3) is 4.20. The average molecular weight is 383 g/mol. The third-order valence-corrected chi connectivity index (χ3v) is 4.17. The van der Waals surface area contributed by atoms with E-state index in [9.17, 15) is 19.8 Å². The molecule has 0 spiro atoms. The fraction of sp³-hybridized carbons (Fsp3) is 0.190. The fourth-order valence-corrected chi connectivity index (χ4v) is 2.74. The molecule has 4 N–H and O–H groups in total. The fourth-order valence-electron chi connectivity index (χ4n) is 2.74. The number of benzene rings is 2. The number of para-hydroxylation sites is 2. The number of hydrogen-bond acceptors (Lipinski definition) is 5. The van der Waals surface area contributed by atoms with Gasteiger partial charge in [-0.1, -0.05) is 44.2 Å². The minimum absolute atomic E-state index is 0.0359. The van der Waals surface area contributed by atoms with Crippen LogP contribution in [0.2, 0.25) is 0 Å². The molecule has 0 aliphatic carbocycles. The molecule has 7 heteroatoms. The Labute approximate surface area is 161 Å². The van der Waals surface area contributed by atoms with Crippen molar-refractivity contribution in [1.82, 2.24) is 4.98 Å². The van der Waals surface area contributed by atoms with Crippen molar-refractivity contribution < 1.29 is 30.0 Å². The molecule has 0 saturated carbocycles. The Kier molecular flexibility index (Phi) is 6.20. The van der Waals surface area contributed by atoms with Gasteiger partial charge in [0.15, 0.2) is 5.75 Å². The van der Waals surface area contributed by atoms with Gasteiger partial charge in [0.2, 0.25) is 0 Å². The number of aromatic nitrogens is 1. The van der Waals surface area contributed by atoms with Crippen molar-refractivity contribution in [3.05, 3.63) is 64.8 Å². The molecule has 0 amide bonds. The van der Waals surface area contributed by atoms with E-state index < -0.39 is 11.9 Å². The van der Waals surface area contributed by atoms with Crippen molar-refractivity contribution in [2.75, 3.05) is 0 Å². The number of phenols is 1. The first kappa shape index (κ1) is 20.7. The molecule has 3 rings (SSSR count). The summed E-state index contributed by atoms with van der Waals surface area (Å²) < 4.78 is 0. The summed E-state index contributed by atoms with van der Waals surface area (Å²) in [6.07, 6.45) is 0. The van der Waals surface area contributed by atoms with Crippen molar-refractivity contribution in [1.29, 1.82) is 0 Å². The Morgan fingerprint density at radius 3 is 2.11 bits per heavy atom. The molecule has 0 atom stereocenters. The van der Waals surface area contributed by atoms with Crippen molar-refractivity contribution >= 4 is 22.8 Å². The van der Waals surface area contributed by atoms with Crippen LogP contribution in [0.3, 0.4) is 0 Å². The Bertz CT molecular complexity index is 1040. The zero-order valence-electron chi connectivity index (χ0n) is 15.7. The zero-order valence-corrected chi connectivity index (χ0v) is 15.7. The van der Waals surface area contributed by atoms with Crippen LogP contribution in [-0.4, -0.2) is 37.3 Å². The molecule has 0 fully saturated rings. The highest BCUT2D eigenvalue weighted by atomic mass is 16.4. The van der Waals surface area contributed by atoms with Gasteiger partial charge in [0, 0.05) is 5.39 Å². The van der Waals surface area contributed by atoms with Crippen LogP contribution in [0.1, 0.15) is 51.7 Å². The predicted molar refractivity (Wildman–Crippen MR) is 104 cm³/mol. The minimum Gasteiger partial charge on any atom is -0.507 e. The van der Waals surface area contributed by atoms with E-state index in [4.69, 9.17) is 10.2 Å². The lowest BCUT2D eigenvalue weighted by atomic mass is 9.99. The van der Waals surface area contributed by atoms with Crippen LogP contribution in [-0.2, 0) is 0 Å². The number of carboxylic acid groups (broad SMARTS) is 2. The first-order valence-electron chi connectivity index (χ1n) is 8.51. The lowest BCUT2D eigenvalue weighted by Gasteiger charge is -2.09. The Balaban J connectivity index is 0.000000203. The number of carboxylic acids is 2. The molecular weight excluding hydrogens is 362 g/mol. The molecule has 0 saturated heterocycles. The van der Waals surface area contributed by atoms with E-state index in [1.54, 1.807) is 43.3 Å². The summed E-state index contributed by atoms with van der Waals surface area (Å²) in [6, 6.07) is 11.6. The summed E-state index contributed by atoms with van der Waals surface area (Å²) in [5, 5.41) is 37.3. The van der Waals surface area contributed by atoms with Gasteiger partial charge in [0.05, 0.1) is 11.2 Å². The number of rotatable bonds is 3. The summed E-state index contributed by atoms with van der Waals surface area (Å²) in [5.74, 6) is -2.50. The molecule has 28 heavy (non-hydrogen) atoms. The Morgan fingerprint density at radius 1 is 0.893 bits per heavy atom.